The molecule has 0 saturated heterocycles. The van der Waals surface area contributed by atoms with Crippen molar-refractivity contribution in [2.24, 2.45) is 0 Å². The maximum atomic E-state index is 12.0. The quantitative estimate of drug-likeness (QED) is 0.0741. The van der Waals surface area contributed by atoms with Gasteiger partial charge in [-0.05, 0) is 171 Å². The van der Waals surface area contributed by atoms with Gasteiger partial charge in [-0.3, -0.25) is 0 Å². The Morgan fingerprint density at radius 3 is 1.14 bits per heavy atom. The fraction of sp³-hybridized carbons (Fsp3) is 0.250. The largest absolute Gasteiger partial charge is 0.507 e. The zero-order valence-electron chi connectivity index (χ0n) is 43.4. The van der Waals surface area contributed by atoms with Crippen molar-refractivity contribution >= 4 is 0 Å². The third-order valence-electron chi connectivity index (χ3n) is 15.4. The number of methoxy groups -OCH3 is 5. The van der Waals surface area contributed by atoms with Crippen LogP contribution in [0, 0.1) is 27.7 Å². The summed E-state index contributed by atoms with van der Waals surface area (Å²) in [6.45, 7) is 8.56. The topological polar surface area (TPSA) is 136 Å². The molecule has 0 unspecified atom stereocenters. The van der Waals surface area contributed by atoms with Crippen LogP contribution in [0.15, 0.2) is 127 Å². The molecule has 10 heteroatoms. The molecule has 0 atom stereocenters. The van der Waals surface area contributed by atoms with E-state index in [-0.39, 0.29) is 56.0 Å². The highest BCUT2D eigenvalue weighted by molar-refractivity contribution is 5.90. The van der Waals surface area contributed by atoms with Crippen molar-refractivity contribution in [1.82, 2.24) is 0 Å². The summed E-state index contributed by atoms with van der Waals surface area (Å²) < 4.78 is 35.3. The zero-order valence-corrected chi connectivity index (χ0v) is 43.4. The molecule has 2 aliphatic rings. The van der Waals surface area contributed by atoms with Crippen LogP contribution in [0.25, 0.3) is 22.3 Å². The van der Waals surface area contributed by atoms with Crippen LogP contribution in [-0.2, 0) is 62.8 Å². The minimum absolute atomic E-state index is 0.0799. The van der Waals surface area contributed by atoms with Crippen LogP contribution in [0.5, 0.6) is 34.5 Å². The lowest BCUT2D eigenvalue weighted by Gasteiger charge is -2.35. The molecule has 2 aliphatic carbocycles. The van der Waals surface area contributed by atoms with Gasteiger partial charge in [0.1, 0.15) is 34.5 Å². The Kier molecular flexibility index (Phi) is 13.3. The number of benzene rings is 8. The van der Waals surface area contributed by atoms with Gasteiger partial charge < -0.3 is 48.8 Å². The molecule has 10 nitrogen and oxygen atoms in total. The van der Waals surface area contributed by atoms with Gasteiger partial charge in [-0.2, -0.15) is 0 Å². The van der Waals surface area contributed by atoms with Crippen LogP contribution >= 0.6 is 0 Å². The van der Waals surface area contributed by atoms with Gasteiger partial charge in [0.15, 0.2) is 0 Å². The van der Waals surface area contributed by atoms with Gasteiger partial charge in [0, 0.05) is 43.6 Å². The summed E-state index contributed by atoms with van der Waals surface area (Å²) in [5.74, 6) is 2.11. The SMILES string of the molecule is COCc1cc(C2(c3cc(C)c(O)c(COCc4cccc5c4-c4ccccc4C5(c4cc(C)c(O)c(COC)c4)c4cc(C)c(O)c(COC)c4)c3)c3ccc(OC)cc3-c3cc(OC)ccc32)cc(C)c1O. The molecule has 8 aromatic rings. The Morgan fingerprint density at radius 2 is 0.716 bits per heavy atom. The van der Waals surface area contributed by atoms with E-state index in [2.05, 4.69) is 91.0 Å². The molecule has 0 aromatic heterocycles. The molecule has 0 radical (unpaired) electrons. The Labute approximate surface area is 433 Å². The maximum Gasteiger partial charge on any atom is 0.124 e. The monoisotopic (exact) mass is 990 g/mol. The van der Waals surface area contributed by atoms with Crippen LogP contribution in [0.4, 0.5) is 0 Å². The van der Waals surface area contributed by atoms with Gasteiger partial charge in [-0.25, -0.2) is 0 Å². The third-order valence-corrected chi connectivity index (χ3v) is 15.4. The van der Waals surface area contributed by atoms with Crippen LogP contribution in [0.2, 0.25) is 0 Å². The fourth-order valence-corrected chi connectivity index (χ4v) is 12.1. The van der Waals surface area contributed by atoms with Gasteiger partial charge >= 0.3 is 0 Å². The van der Waals surface area contributed by atoms with Crippen molar-refractivity contribution in [2.45, 2.75) is 71.6 Å². The van der Waals surface area contributed by atoms with Gasteiger partial charge in [0.25, 0.3) is 0 Å². The molecule has 0 heterocycles. The van der Waals surface area contributed by atoms with E-state index in [1.165, 1.54) is 0 Å². The van der Waals surface area contributed by atoms with Crippen molar-refractivity contribution in [1.29, 1.82) is 0 Å². The van der Waals surface area contributed by atoms with Crippen LogP contribution in [-0.4, -0.2) is 56.0 Å². The lowest BCUT2D eigenvalue weighted by atomic mass is 9.66. The second kappa shape index (κ2) is 19.7. The molecule has 74 heavy (non-hydrogen) atoms. The highest BCUT2D eigenvalue weighted by atomic mass is 16.5. The first-order valence-electron chi connectivity index (χ1n) is 24.7. The summed E-state index contributed by atoms with van der Waals surface area (Å²) >= 11 is 0. The number of rotatable bonds is 16. The molecule has 8 aromatic carbocycles. The Bertz CT molecular complexity index is 3380. The van der Waals surface area contributed by atoms with Crippen LogP contribution in [0.3, 0.4) is 0 Å². The molecule has 4 N–H and O–H groups in total. The number of aryl methyl sites for hydroxylation is 4. The van der Waals surface area contributed by atoms with E-state index < -0.39 is 10.8 Å². The van der Waals surface area contributed by atoms with Gasteiger partial charge in [0.05, 0.1) is 58.1 Å². The first-order valence-corrected chi connectivity index (χ1v) is 24.7. The second-order valence-corrected chi connectivity index (χ2v) is 19.7. The summed E-state index contributed by atoms with van der Waals surface area (Å²) in [4.78, 5) is 0. The van der Waals surface area contributed by atoms with E-state index in [4.69, 9.17) is 28.4 Å². The number of fused-ring (bicyclic) bond motifs is 6. The van der Waals surface area contributed by atoms with Crippen LogP contribution < -0.4 is 9.47 Å². The molecule has 0 spiro atoms. The first kappa shape index (κ1) is 50.0. The minimum Gasteiger partial charge on any atom is -0.507 e. The zero-order chi connectivity index (χ0) is 52.2. The average molecular weight is 991 g/mol. The highest BCUT2D eigenvalue weighted by Crippen LogP contribution is 2.60. The molecule has 378 valence electrons. The van der Waals surface area contributed by atoms with Crippen molar-refractivity contribution in [2.75, 3.05) is 35.5 Å². The number of aromatic hydroxyl groups is 4. The smallest absolute Gasteiger partial charge is 0.124 e. The molecule has 0 aliphatic heterocycles. The molecule has 0 fully saturated rings. The second-order valence-electron chi connectivity index (χ2n) is 19.7. The van der Waals surface area contributed by atoms with Crippen molar-refractivity contribution in [3.05, 3.63) is 222 Å². The fourth-order valence-electron chi connectivity index (χ4n) is 12.1. The molecular weight excluding hydrogens is 929 g/mol. The number of ether oxygens (including phenoxy) is 6. The number of phenolic OH excluding ortho intramolecular Hbond substituents is 4. The summed E-state index contributed by atoms with van der Waals surface area (Å²) in [6, 6.07) is 43.4. The molecular formula is C64H62O10. The van der Waals surface area contributed by atoms with E-state index in [0.29, 0.717) is 56.0 Å². The Hall–Kier alpha value is -7.60. The van der Waals surface area contributed by atoms with Crippen LogP contribution in [0.1, 0.15) is 94.6 Å². The van der Waals surface area contributed by atoms with E-state index in [1.807, 2.05) is 64.1 Å². The molecule has 0 amide bonds. The lowest BCUT2D eigenvalue weighted by Crippen LogP contribution is -2.29. The number of phenols is 4. The van der Waals surface area contributed by atoms with Gasteiger partial charge in [0.2, 0.25) is 0 Å². The Balaban J connectivity index is 1.13. The van der Waals surface area contributed by atoms with E-state index in [1.54, 1.807) is 35.5 Å². The highest BCUT2D eigenvalue weighted by Gasteiger charge is 2.49. The Morgan fingerprint density at radius 1 is 0.351 bits per heavy atom. The standard InChI is InChI=1S/C64H62O10/c1-36-21-45(25-41(31-69-5)59(36)65)63(55-19-17-49(72-8)29-52(55)53-30-50(73-9)18-20-56(53)63)46-22-39(4)62(68)44(28-46)35-74-34-40-13-12-16-57-58(40)51-14-10-11-15-54(51)64(57,47-23-37(2)60(66)42(26-47)32-70-6)48-24-38(3)61(67)43(27-48)33-71-7/h10-30,65-68H,31-35H2,1-9H3. The van der Waals surface area contributed by atoms with Crippen molar-refractivity contribution in [3.8, 4) is 56.8 Å². The maximum absolute atomic E-state index is 12.0. The molecule has 0 bridgehead atoms. The van der Waals surface area contributed by atoms with Crippen molar-refractivity contribution < 1.29 is 48.8 Å². The number of hydrogen-bond acceptors (Lipinski definition) is 10. The first-order chi connectivity index (χ1) is 35.8. The average Bonchev–Trinajstić information content (AvgIpc) is 3.87. The predicted molar refractivity (Wildman–Crippen MR) is 287 cm³/mol. The van der Waals surface area contributed by atoms with E-state index in [9.17, 15) is 20.4 Å². The molecule has 10 rings (SSSR count). The molecule has 0 saturated carbocycles. The third kappa shape index (κ3) is 7.78. The van der Waals surface area contributed by atoms with Gasteiger partial charge in [-0.1, -0.05) is 78.9 Å². The summed E-state index contributed by atoms with van der Waals surface area (Å²) in [5, 5.41) is 46.1. The van der Waals surface area contributed by atoms with Gasteiger partial charge in [-0.15, -0.1) is 0 Å². The summed E-state index contributed by atoms with van der Waals surface area (Å²) in [5.41, 5.74) is 16.3. The normalized spacial score (nSPS) is 13.6. The summed E-state index contributed by atoms with van der Waals surface area (Å²) in [6.07, 6.45) is 0. The summed E-state index contributed by atoms with van der Waals surface area (Å²) in [7, 11) is 8.19. The minimum atomic E-state index is -0.934. The number of hydrogen-bond donors (Lipinski definition) is 4. The van der Waals surface area contributed by atoms with E-state index in [0.717, 1.165) is 72.3 Å². The predicted octanol–water partition coefficient (Wildman–Crippen LogP) is 12.6. The lowest BCUT2D eigenvalue weighted by molar-refractivity contribution is 0.105. The van der Waals surface area contributed by atoms with E-state index >= 15 is 0 Å². The van der Waals surface area contributed by atoms with Crippen molar-refractivity contribution in [3.63, 3.8) is 0 Å².